The van der Waals surface area contributed by atoms with Gasteiger partial charge in [0.1, 0.15) is 5.75 Å². The lowest BCUT2D eigenvalue weighted by atomic mass is 10.1. The van der Waals surface area contributed by atoms with Crippen LogP contribution in [0.15, 0.2) is 48.5 Å². The largest absolute Gasteiger partial charge is 0.497 e. The lowest BCUT2D eigenvalue weighted by Crippen LogP contribution is -2.39. The van der Waals surface area contributed by atoms with Gasteiger partial charge in [-0.25, -0.2) is 0 Å². The first-order valence-corrected chi connectivity index (χ1v) is 12.0. The number of hydrogen-bond donors (Lipinski definition) is 2. The van der Waals surface area contributed by atoms with Gasteiger partial charge >= 0.3 is 0 Å². The average molecular weight is 449 g/mol. The fraction of sp³-hybridized carbons (Fsp3) is 0.464. The first-order chi connectivity index (χ1) is 16.2. The standard InChI is InChI=1S/C28H36N2O3/c1-3-4-5-6-7-8-10-22-13-15-23(16-14-22)21-33-26-18-27(29-20-26)28(31)30-19-24-11-9-12-25(17-24)32-2/h9,11-17,26-27,29H,3-7,18-21H2,1-2H3,(H,30,31)/t26-,27+/m1/s1. The number of rotatable bonds is 11. The highest BCUT2D eigenvalue weighted by Crippen LogP contribution is 2.15. The molecular formula is C28H36N2O3. The van der Waals surface area contributed by atoms with Crippen LogP contribution >= 0.6 is 0 Å². The quantitative estimate of drug-likeness (QED) is 0.390. The van der Waals surface area contributed by atoms with Crippen molar-refractivity contribution in [2.45, 2.75) is 70.7 Å². The maximum Gasteiger partial charge on any atom is 0.237 e. The SMILES string of the molecule is CCCCCCC#Cc1ccc(CO[C@H]2CN[C@H](C(=O)NCc3cccc(OC)c3)C2)cc1. The zero-order valence-corrected chi connectivity index (χ0v) is 19.9. The van der Waals surface area contributed by atoms with Crippen molar-refractivity contribution in [3.63, 3.8) is 0 Å². The van der Waals surface area contributed by atoms with E-state index in [0.29, 0.717) is 26.1 Å². The Morgan fingerprint density at radius 3 is 2.76 bits per heavy atom. The van der Waals surface area contributed by atoms with Gasteiger partial charge in [-0.05, 0) is 48.2 Å². The zero-order chi connectivity index (χ0) is 23.3. The number of amides is 1. The Bertz CT molecular complexity index is 930. The number of hydrogen-bond acceptors (Lipinski definition) is 4. The van der Waals surface area contributed by atoms with Crippen LogP contribution in [0.25, 0.3) is 0 Å². The van der Waals surface area contributed by atoms with Crippen LogP contribution in [0.2, 0.25) is 0 Å². The minimum absolute atomic E-state index is 0.00143. The Morgan fingerprint density at radius 1 is 1.12 bits per heavy atom. The van der Waals surface area contributed by atoms with Crippen molar-refractivity contribution < 1.29 is 14.3 Å². The summed E-state index contributed by atoms with van der Waals surface area (Å²) >= 11 is 0. The van der Waals surface area contributed by atoms with Crippen LogP contribution in [0.3, 0.4) is 0 Å². The van der Waals surface area contributed by atoms with E-state index in [1.54, 1.807) is 7.11 Å². The maximum absolute atomic E-state index is 12.5. The summed E-state index contributed by atoms with van der Waals surface area (Å²) in [5.41, 5.74) is 3.18. The zero-order valence-electron chi connectivity index (χ0n) is 19.9. The molecule has 1 saturated heterocycles. The monoisotopic (exact) mass is 448 g/mol. The summed E-state index contributed by atoms with van der Waals surface area (Å²) in [7, 11) is 1.64. The van der Waals surface area contributed by atoms with Crippen molar-refractivity contribution in [1.82, 2.24) is 10.6 Å². The van der Waals surface area contributed by atoms with Crippen LogP contribution in [0, 0.1) is 11.8 Å². The molecule has 2 atom stereocenters. The van der Waals surface area contributed by atoms with E-state index in [1.807, 2.05) is 24.3 Å². The summed E-state index contributed by atoms with van der Waals surface area (Å²) in [4.78, 5) is 12.5. The molecule has 1 heterocycles. The number of unbranched alkanes of at least 4 members (excludes halogenated alkanes) is 4. The number of carbonyl (C=O) groups is 1. The van der Waals surface area contributed by atoms with E-state index in [2.05, 4.69) is 53.7 Å². The molecule has 0 saturated carbocycles. The summed E-state index contributed by atoms with van der Waals surface area (Å²) in [6, 6.07) is 15.7. The van der Waals surface area contributed by atoms with Gasteiger partial charge in [0.15, 0.2) is 0 Å². The molecule has 2 aromatic carbocycles. The van der Waals surface area contributed by atoms with Gasteiger partial charge in [-0.1, -0.05) is 62.3 Å². The smallest absolute Gasteiger partial charge is 0.237 e. The molecule has 0 aromatic heterocycles. The van der Waals surface area contributed by atoms with Crippen LogP contribution in [0.1, 0.15) is 62.1 Å². The summed E-state index contributed by atoms with van der Waals surface area (Å²) < 4.78 is 11.3. The second kappa shape index (κ2) is 13.7. The molecule has 1 aliphatic rings. The molecule has 5 nitrogen and oxygen atoms in total. The van der Waals surface area contributed by atoms with Crippen LogP contribution in [-0.4, -0.2) is 31.7 Å². The number of methoxy groups -OCH3 is 1. The molecule has 5 heteroatoms. The van der Waals surface area contributed by atoms with E-state index in [4.69, 9.17) is 9.47 Å². The van der Waals surface area contributed by atoms with Gasteiger partial charge in [0.2, 0.25) is 5.91 Å². The fourth-order valence-corrected chi connectivity index (χ4v) is 3.83. The first kappa shape index (κ1) is 24.8. The van der Waals surface area contributed by atoms with Gasteiger partial charge in [0.05, 0.1) is 25.9 Å². The topological polar surface area (TPSA) is 59.6 Å². The van der Waals surface area contributed by atoms with Crippen molar-refractivity contribution in [1.29, 1.82) is 0 Å². The fourth-order valence-electron chi connectivity index (χ4n) is 3.83. The summed E-state index contributed by atoms with van der Waals surface area (Å²) in [6.07, 6.45) is 6.66. The maximum atomic E-state index is 12.5. The van der Waals surface area contributed by atoms with E-state index in [1.165, 1.54) is 25.7 Å². The predicted molar refractivity (Wildman–Crippen MR) is 132 cm³/mol. The summed E-state index contributed by atoms with van der Waals surface area (Å²) in [5.74, 6) is 7.30. The van der Waals surface area contributed by atoms with Crippen LogP contribution in [0.4, 0.5) is 0 Å². The highest BCUT2D eigenvalue weighted by molar-refractivity contribution is 5.82. The van der Waals surface area contributed by atoms with Crippen LogP contribution in [0.5, 0.6) is 5.75 Å². The van der Waals surface area contributed by atoms with Gasteiger partial charge in [-0.15, -0.1) is 0 Å². The van der Waals surface area contributed by atoms with Crippen molar-refractivity contribution in [3.05, 3.63) is 65.2 Å². The Morgan fingerprint density at radius 2 is 1.97 bits per heavy atom. The van der Waals surface area contributed by atoms with E-state index in [-0.39, 0.29) is 18.1 Å². The average Bonchev–Trinajstić information content (AvgIpc) is 3.33. The normalized spacial score (nSPS) is 17.3. The molecule has 1 amide bonds. The third kappa shape index (κ3) is 8.57. The number of carbonyl (C=O) groups excluding carboxylic acids is 1. The van der Waals surface area contributed by atoms with E-state index < -0.39 is 0 Å². The Hall–Kier alpha value is -2.81. The van der Waals surface area contributed by atoms with Gasteiger partial charge in [-0.3, -0.25) is 4.79 Å². The lowest BCUT2D eigenvalue weighted by Gasteiger charge is -2.13. The van der Waals surface area contributed by atoms with Crippen LogP contribution in [-0.2, 0) is 22.7 Å². The molecule has 2 aromatic rings. The van der Waals surface area contributed by atoms with E-state index in [9.17, 15) is 4.79 Å². The molecule has 176 valence electrons. The highest BCUT2D eigenvalue weighted by atomic mass is 16.5. The second-order valence-corrected chi connectivity index (χ2v) is 8.51. The number of nitrogens with one attached hydrogen (secondary N) is 2. The molecule has 2 N–H and O–H groups in total. The first-order valence-electron chi connectivity index (χ1n) is 12.0. The third-order valence-electron chi connectivity index (χ3n) is 5.84. The molecular weight excluding hydrogens is 412 g/mol. The van der Waals surface area contributed by atoms with Crippen molar-refractivity contribution >= 4 is 5.91 Å². The van der Waals surface area contributed by atoms with E-state index in [0.717, 1.165) is 28.9 Å². The van der Waals surface area contributed by atoms with Gasteiger partial charge < -0.3 is 20.1 Å². The molecule has 0 radical (unpaired) electrons. The Balaban J connectivity index is 1.36. The molecule has 0 unspecified atom stereocenters. The Kier molecular flexibility index (Phi) is 10.3. The minimum Gasteiger partial charge on any atom is -0.497 e. The minimum atomic E-state index is -0.226. The third-order valence-corrected chi connectivity index (χ3v) is 5.84. The summed E-state index contributed by atoms with van der Waals surface area (Å²) in [5, 5.41) is 6.27. The summed E-state index contributed by atoms with van der Waals surface area (Å²) in [6.45, 7) is 3.92. The van der Waals surface area contributed by atoms with Gasteiger partial charge in [0.25, 0.3) is 0 Å². The van der Waals surface area contributed by atoms with Gasteiger partial charge in [-0.2, -0.15) is 0 Å². The predicted octanol–water partition coefficient (Wildman–Crippen LogP) is 4.58. The molecule has 0 spiro atoms. The lowest BCUT2D eigenvalue weighted by molar-refractivity contribution is -0.123. The number of benzene rings is 2. The molecule has 33 heavy (non-hydrogen) atoms. The molecule has 0 bridgehead atoms. The van der Waals surface area contributed by atoms with Crippen LogP contribution < -0.4 is 15.4 Å². The van der Waals surface area contributed by atoms with Gasteiger partial charge in [0, 0.05) is 25.1 Å². The molecule has 0 aliphatic carbocycles. The van der Waals surface area contributed by atoms with Crippen molar-refractivity contribution in [2.75, 3.05) is 13.7 Å². The molecule has 1 fully saturated rings. The molecule has 3 rings (SSSR count). The van der Waals surface area contributed by atoms with E-state index >= 15 is 0 Å². The second-order valence-electron chi connectivity index (χ2n) is 8.51. The molecule has 1 aliphatic heterocycles. The van der Waals surface area contributed by atoms with Crippen molar-refractivity contribution in [2.24, 2.45) is 0 Å². The highest BCUT2D eigenvalue weighted by Gasteiger charge is 2.29. The van der Waals surface area contributed by atoms with Crippen molar-refractivity contribution in [3.8, 4) is 17.6 Å². The Labute approximate surface area is 198 Å². The number of ether oxygens (including phenoxy) is 2.